The maximum atomic E-state index is 12.3. The van der Waals surface area contributed by atoms with Crippen LogP contribution in [0.15, 0.2) is 46.5 Å². The van der Waals surface area contributed by atoms with Crippen molar-refractivity contribution >= 4 is 23.1 Å². The van der Waals surface area contributed by atoms with Gasteiger partial charge in [-0.15, -0.1) is 11.3 Å². The second-order valence-corrected chi connectivity index (χ2v) is 6.77. The number of carbonyl (C=O) groups is 1. The minimum absolute atomic E-state index is 0.197. The molecule has 1 N–H and O–H groups in total. The van der Waals surface area contributed by atoms with Crippen molar-refractivity contribution in [3.05, 3.63) is 53.4 Å². The largest absolute Gasteiger partial charge is 0.462 e. The number of hydrogen-bond donors (Lipinski definition) is 1. The molecule has 0 saturated carbocycles. The molecule has 25 heavy (non-hydrogen) atoms. The Balaban J connectivity index is 1.35. The van der Waals surface area contributed by atoms with E-state index in [0.29, 0.717) is 23.0 Å². The summed E-state index contributed by atoms with van der Waals surface area (Å²) in [6.07, 6.45) is 5.87. The second-order valence-electron chi connectivity index (χ2n) is 5.92. The van der Waals surface area contributed by atoms with Crippen molar-refractivity contribution in [3.8, 4) is 10.8 Å². The lowest BCUT2D eigenvalue weighted by Gasteiger charge is -2.16. The predicted octanol–water partition coefficient (Wildman–Crippen LogP) is 3.33. The third kappa shape index (κ3) is 3.56. The number of carbonyl (C=O) groups excluding carboxylic acids is 1. The van der Waals surface area contributed by atoms with Gasteiger partial charge in [-0.2, -0.15) is 0 Å². The molecule has 0 radical (unpaired) electrons. The van der Waals surface area contributed by atoms with Crippen molar-refractivity contribution in [3.63, 3.8) is 0 Å². The number of pyridine rings is 1. The number of thiazole rings is 1. The second kappa shape index (κ2) is 7.06. The van der Waals surface area contributed by atoms with Gasteiger partial charge in [-0.3, -0.25) is 4.79 Å². The molecule has 7 heteroatoms. The highest BCUT2D eigenvalue weighted by atomic mass is 32.1. The maximum absolute atomic E-state index is 12.3. The fraction of sp³-hybridized carbons (Fsp3) is 0.278. The molecule has 4 heterocycles. The van der Waals surface area contributed by atoms with Gasteiger partial charge in [0.25, 0.3) is 5.91 Å². The molecular weight excluding hydrogens is 336 g/mol. The Labute approximate surface area is 149 Å². The standard InChI is InChI=1S/C18H18N4O2S/c23-17(14-12-25-18(21-14)15-4-3-9-24-15)20-11-13-5-6-16(19-10-13)22-7-1-2-8-22/h3-6,9-10,12H,1-2,7-8,11H2,(H,20,23). The molecule has 0 spiro atoms. The van der Waals surface area contributed by atoms with E-state index < -0.39 is 0 Å². The number of rotatable bonds is 5. The molecule has 128 valence electrons. The van der Waals surface area contributed by atoms with Crippen molar-refractivity contribution in [2.24, 2.45) is 0 Å². The van der Waals surface area contributed by atoms with Crippen LogP contribution >= 0.6 is 11.3 Å². The molecule has 0 aliphatic carbocycles. The highest BCUT2D eigenvalue weighted by molar-refractivity contribution is 7.13. The summed E-state index contributed by atoms with van der Waals surface area (Å²) in [5.74, 6) is 1.48. The van der Waals surface area contributed by atoms with E-state index in [2.05, 4.69) is 20.2 Å². The first kappa shape index (κ1) is 15.8. The van der Waals surface area contributed by atoms with Crippen LogP contribution in [0.3, 0.4) is 0 Å². The van der Waals surface area contributed by atoms with Crippen molar-refractivity contribution in [1.82, 2.24) is 15.3 Å². The van der Waals surface area contributed by atoms with Crippen molar-refractivity contribution in [2.45, 2.75) is 19.4 Å². The Morgan fingerprint density at radius 2 is 2.16 bits per heavy atom. The summed E-state index contributed by atoms with van der Waals surface area (Å²) in [5, 5.41) is 5.32. The Morgan fingerprint density at radius 3 is 2.88 bits per heavy atom. The molecule has 6 nitrogen and oxygen atoms in total. The number of nitrogens with one attached hydrogen (secondary N) is 1. The first-order chi connectivity index (χ1) is 12.3. The number of furan rings is 1. The van der Waals surface area contributed by atoms with Gasteiger partial charge in [0.2, 0.25) is 0 Å². The van der Waals surface area contributed by atoms with Crippen molar-refractivity contribution in [2.75, 3.05) is 18.0 Å². The molecular formula is C18H18N4O2S. The lowest BCUT2D eigenvalue weighted by molar-refractivity contribution is 0.0946. The monoisotopic (exact) mass is 354 g/mol. The van der Waals surface area contributed by atoms with Crippen LogP contribution in [-0.4, -0.2) is 29.0 Å². The molecule has 0 aromatic carbocycles. The van der Waals surface area contributed by atoms with Gasteiger partial charge < -0.3 is 14.6 Å². The summed E-state index contributed by atoms with van der Waals surface area (Å²) in [5.41, 5.74) is 1.37. The number of aromatic nitrogens is 2. The molecule has 3 aromatic heterocycles. The van der Waals surface area contributed by atoms with Crippen molar-refractivity contribution < 1.29 is 9.21 Å². The summed E-state index contributed by atoms with van der Waals surface area (Å²) >= 11 is 1.39. The minimum Gasteiger partial charge on any atom is -0.462 e. The summed E-state index contributed by atoms with van der Waals surface area (Å²) in [6.45, 7) is 2.58. The molecule has 0 unspecified atom stereocenters. The fourth-order valence-corrected chi connectivity index (χ4v) is 3.59. The van der Waals surface area contributed by atoms with E-state index >= 15 is 0 Å². The Morgan fingerprint density at radius 1 is 1.28 bits per heavy atom. The fourth-order valence-electron chi connectivity index (χ4n) is 2.82. The zero-order valence-corrected chi connectivity index (χ0v) is 14.5. The summed E-state index contributed by atoms with van der Waals surface area (Å²) in [6, 6.07) is 7.66. The van der Waals surface area contributed by atoms with Gasteiger partial charge in [0, 0.05) is 31.2 Å². The van der Waals surface area contributed by atoms with Crippen molar-refractivity contribution in [1.29, 1.82) is 0 Å². The number of nitrogens with zero attached hydrogens (tertiary/aromatic N) is 3. The summed E-state index contributed by atoms with van der Waals surface area (Å²) in [4.78, 5) is 23.4. The smallest absolute Gasteiger partial charge is 0.271 e. The highest BCUT2D eigenvalue weighted by Crippen LogP contribution is 2.24. The van der Waals surface area contributed by atoms with E-state index in [0.717, 1.165) is 24.5 Å². The Hall–Kier alpha value is -2.67. The van der Waals surface area contributed by atoms with Gasteiger partial charge in [-0.05, 0) is 36.6 Å². The van der Waals surface area contributed by atoms with E-state index in [1.807, 2.05) is 24.4 Å². The molecule has 3 aromatic rings. The van der Waals surface area contributed by atoms with Crippen LogP contribution in [0.5, 0.6) is 0 Å². The predicted molar refractivity (Wildman–Crippen MR) is 96.7 cm³/mol. The minimum atomic E-state index is -0.197. The molecule has 4 rings (SSSR count). The lowest BCUT2D eigenvalue weighted by Crippen LogP contribution is -2.23. The van der Waals surface area contributed by atoms with E-state index in [1.54, 1.807) is 17.7 Å². The van der Waals surface area contributed by atoms with Gasteiger partial charge >= 0.3 is 0 Å². The summed E-state index contributed by atoms with van der Waals surface area (Å²) < 4.78 is 5.30. The van der Waals surface area contributed by atoms with Crippen LogP contribution in [0.25, 0.3) is 10.8 Å². The Bertz CT molecular complexity index is 836. The van der Waals surface area contributed by atoms with Crippen LogP contribution in [0.1, 0.15) is 28.9 Å². The topological polar surface area (TPSA) is 71.3 Å². The Kier molecular flexibility index (Phi) is 4.47. The zero-order chi connectivity index (χ0) is 17.1. The summed E-state index contributed by atoms with van der Waals surface area (Å²) in [7, 11) is 0. The number of anilines is 1. The first-order valence-electron chi connectivity index (χ1n) is 8.27. The number of hydrogen-bond acceptors (Lipinski definition) is 6. The van der Waals surface area contributed by atoms with Crippen LogP contribution in [0.2, 0.25) is 0 Å². The van der Waals surface area contributed by atoms with E-state index in [-0.39, 0.29) is 5.91 Å². The molecule has 1 aliphatic heterocycles. The third-order valence-corrected chi connectivity index (χ3v) is 5.02. The van der Waals surface area contributed by atoms with Gasteiger partial charge in [0.05, 0.1) is 6.26 Å². The average Bonchev–Trinajstić information content (AvgIpc) is 3.42. The normalized spacial score (nSPS) is 14.0. The number of amides is 1. The maximum Gasteiger partial charge on any atom is 0.271 e. The molecule has 1 aliphatic rings. The highest BCUT2D eigenvalue weighted by Gasteiger charge is 2.14. The lowest BCUT2D eigenvalue weighted by atomic mass is 10.2. The van der Waals surface area contributed by atoms with E-state index in [1.165, 1.54) is 24.2 Å². The van der Waals surface area contributed by atoms with Crippen LogP contribution in [0.4, 0.5) is 5.82 Å². The van der Waals surface area contributed by atoms with Gasteiger partial charge in [-0.25, -0.2) is 9.97 Å². The molecule has 1 fully saturated rings. The van der Waals surface area contributed by atoms with Crippen LogP contribution in [-0.2, 0) is 6.54 Å². The molecule has 1 amide bonds. The molecule has 0 atom stereocenters. The quantitative estimate of drug-likeness (QED) is 0.761. The SMILES string of the molecule is O=C(NCc1ccc(N2CCCC2)nc1)c1csc(-c2ccco2)n1. The van der Waals surface area contributed by atoms with E-state index in [9.17, 15) is 4.79 Å². The van der Waals surface area contributed by atoms with Crippen LogP contribution in [0, 0.1) is 0 Å². The van der Waals surface area contributed by atoms with Gasteiger partial charge in [-0.1, -0.05) is 6.07 Å². The van der Waals surface area contributed by atoms with Gasteiger partial charge in [0.1, 0.15) is 11.5 Å². The molecule has 1 saturated heterocycles. The average molecular weight is 354 g/mol. The first-order valence-corrected chi connectivity index (χ1v) is 9.15. The molecule has 0 bridgehead atoms. The zero-order valence-electron chi connectivity index (χ0n) is 13.6. The van der Waals surface area contributed by atoms with Gasteiger partial charge in [0.15, 0.2) is 10.8 Å². The van der Waals surface area contributed by atoms with Crippen LogP contribution < -0.4 is 10.2 Å². The van der Waals surface area contributed by atoms with E-state index in [4.69, 9.17) is 4.42 Å². The third-order valence-electron chi connectivity index (χ3n) is 4.16.